The Bertz CT molecular complexity index is 690. The molecule has 1 saturated heterocycles. The molecule has 0 radical (unpaired) electrons. The highest BCUT2D eigenvalue weighted by Crippen LogP contribution is 2.28. The van der Waals surface area contributed by atoms with Crippen LogP contribution in [0.25, 0.3) is 0 Å². The van der Waals surface area contributed by atoms with Gasteiger partial charge < -0.3 is 15.7 Å². The van der Waals surface area contributed by atoms with Gasteiger partial charge in [0, 0.05) is 32.2 Å². The van der Waals surface area contributed by atoms with Crippen molar-refractivity contribution in [2.24, 2.45) is 4.99 Å². The summed E-state index contributed by atoms with van der Waals surface area (Å²) in [6.07, 6.45) is 6.93. The summed E-state index contributed by atoms with van der Waals surface area (Å²) in [4.78, 5) is 6.92. The van der Waals surface area contributed by atoms with E-state index in [1.807, 2.05) is 6.92 Å². The van der Waals surface area contributed by atoms with Crippen LogP contribution in [0.3, 0.4) is 0 Å². The lowest BCUT2D eigenvalue weighted by atomic mass is 9.85. The van der Waals surface area contributed by atoms with Gasteiger partial charge in [-0.1, -0.05) is 25.3 Å². The van der Waals surface area contributed by atoms with Crippen LogP contribution < -0.4 is 10.6 Å². The molecule has 0 atom stereocenters. The molecule has 0 spiro atoms. The molecule has 1 heterocycles. The molecule has 30 heavy (non-hydrogen) atoms. The molecule has 5 nitrogen and oxygen atoms in total. The van der Waals surface area contributed by atoms with Gasteiger partial charge in [0.25, 0.3) is 0 Å². The first-order valence-electron chi connectivity index (χ1n) is 10.9. The van der Waals surface area contributed by atoms with Crippen molar-refractivity contribution >= 4 is 29.9 Å². The van der Waals surface area contributed by atoms with Gasteiger partial charge in [-0.15, -0.1) is 24.0 Å². The molecule has 2 fully saturated rings. The molecular weight excluding hydrogens is 501 g/mol. The number of nitrogens with one attached hydrogen (secondary N) is 2. The lowest BCUT2D eigenvalue weighted by Gasteiger charge is -2.34. The highest BCUT2D eigenvalue weighted by Gasteiger charge is 2.29. The van der Waals surface area contributed by atoms with E-state index in [9.17, 15) is 13.9 Å². The smallest absolute Gasteiger partial charge is 0.191 e. The fourth-order valence-electron chi connectivity index (χ4n) is 4.24. The Morgan fingerprint density at radius 2 is 1.87 bits per heavy atom. The lowest BCUT2D eigenvalue weighted by Crippen LogP contribution is -2.49. The fraction of sp³-hybridized carbons (Fsp3) is 0.682. The van der Waals surface area contributed by atoms with Crippen molar-refractivity contribution in [3.8, 4) is 0 Å². The van der Waals surface area contributed by atoms with Crippen LogP contribution in [0.15, 0.2) is 23.2 Å². The third kappa shape index (κ3) is 7.60. The summed E-state index contributed by atoms with van der Waals surface area (Å²) in [6, 6.07) is 4.44. The van der Waals surface area contributed by atoms with Crippen LogP contribution in [-0.2, 0) is 6.54 Å². The first-order valence-corrected chi connectivity index (χ1v) is 10.9. The van der Waals surface area contributed by atoms with E-state index in [0.29, 0.717) is 19.1 Å². The second-order valence-electron chi connectivity index (χ2n) is 8.42. The van der Waals surface area contributed by atoms with E-state index in [1.165, 1.54) is 18.6 Å². The third-order valence-corrected chi connectivity index (χ3v) is 5.98. The Kier molecular flexibility index (Phi) is 10.2. The van der Waals surface area contributed by atoms with Gasteiger partial charge in [0.15, 0.2) is 17.6 Å². The summed E-state index contributed by atoms with van der Waals surface area (Å²) < 4.78 is 26.5. The first kappa shape index (κ1) is 25.3. The van der Waals surface area contributed by atoms with Crippen LogP contribution in [0, 0.1) is 11.6 Å². The number of benzene rings is 1. The van der Waals surface area contributed by atoms with Crippen LogP contribution >= 0.6 is 24.0 Å². The standard InChI is InChI=1S/C22H34F2N4O.HI/c1-2-25-21(26-16-22(29)10-4-3-5-11-22)27-18-8-12-28(13-9-18)15-17-6-7-19(23)20(24)14-17;/h6-7,14,18,29H,2-5,8-13,15-16H2,1H3,(H2,25,26,27);1H. The molecule has 2 aliphatic rings. The zero-order valence-corrected chi connectivity index (χ0v) is 20.1. The van der Waals surface area contributed by atoms with Crippen molar-refractivity contribution in [3.63, 3.8) is 0 Å². The maximum absolute atomic E-state index is 13.4. The Labute approximate surface area is 195 Å². The van der Waals surface area contributed by atoms with Gasteiger partial charge >= 0.3 is 0 Å². The molecule has 0 bridgehead atoms. The summed E-state index contributed by atoms with van der Waals surface area (Å²) in [7, 11) is 0. The molecule has 3 rings (SSSR count). The topological polar surface area (TPSA) is 59.9 Å². The van der Waals surface area contributed by atoms with Crippen molar-refractivity contribution in [1.82, 2.24) is 15.5 Å². The number of halogens is 3. The number of aliphatic hydroxyl groups is 1. The van der Waals surface area contributed by atoms with E-state index in [1.54, 1.807) is 6.07 Å². The summed E-state index contributed by atoms with van der Waals surface area (Å²) in [6.45, 7) is 5.67. The molecule has 170 valence electrons. The Balaban J connectivity index is 0.00000320. The van der Waals surface area contributed by atoms with Gasteiger partial charge in [0.1, 0.15) is 0 Å². The quantitative estimate of drug-likeness (QED) is 0.294. The van der Waals surface area contributed by atoms with E-state index in [4.69, 9.17) is 0 Å². The minimum Gasteiger partial charge on any atom is -0.388 e. The number of nitrogens with zero attached hydrogens (tertiary/aromatic N) is 2. The van der Waals surface area contributed by atoms with E-state index in [-0.39, 0.29) is 24.0 Å². The highest BCUT2D eigenvalue weighted by atomic mass is 127. The average Bonchev–Trinajstić information content (AvgIpc) is 2.71. The largest absolute Gasteiger partial charge is 0.388 e. The number of hydrogen-bond donors (Lipinski definition) is 3. The molecule has 0 aromatic heterocycles. The fourth-order valence-corrected chi connectivity index (χ4v) is 4.24. The first-order chi connectivity index (χ1) is 14.0. The monoisotopic (exact) mass is 536 g/mol. The van der Waals surface area contributed by atoms with Crippen LogP contribution in [0.4, 0.5) is 8.78 Å². The molecule has 3 N–H and O–H groups in total. The zero-order valence-electron chi connectivity index (χ0n) is 17.8. The van der Waals surface area contributed by atoms with Crippen molar-refractivity contribution in [2.45, 2.75) is 70.1 Å². The van der Waals surface area contributed by atoms with Gasteiger partial charge in [0.2, 0.25) is 0 Å². The maximum Gasteiger partial charge on any atom is 0.191 e. The molecule has 1 saturated carbocycles. The minimum atomic E-state index is -0.801. The normalized spacial score (nSPS) is 20.5. The summed E-state index contributed by atoms with van der Waals surface area (Å²) in [5.74, 6) is -0.819. The number of guanidine groups is 1. The number of piperidine rings is 1. The molecule has 1 aliphatic carbocycles. The van der Waals surface area contributed by atoms with E-state index in [0.717, 1.165) is 69.7 Å². The summed E-state index contributed by atoms with van der Waals surface area (Å²) in [5.41, 5.74) is 0.139. The molecule has 1 aliphatic heterocycles. The Morgan fingerprint density at radius 3 is 2.50 bits per heavy atom. The summed E-state index contributed by atoms with van der Waals surface area (Å²) in [5, 5.41) is 17.5. The van der Waals surface area contributed by atoms with Crippen LogP contribution in [0.5, 0.6) is 0 Å². The molecule has 0 unspecified atom stereocenters. The van der Waals surface area contributed by atoms with Crippen molar-refractivity contribution < 1.29 is 13.9 Å². The number of likely N-dealkylation sites (tertiary alicyclic amines) is 1. The van der Waals surface area contributed by atoms with E-state index in [2.05, 4.69) is 20.5 Å². The lowest BCUT2D eigenvalue weighted by molar-refractivity contribution is 0.0131. The van der Waals surface area contributed by atoms with Crippen molar-refractivity contribution in [3.05, 3.63) is 35.4 Å². The van der Waals surface area contributed by atoms with Gasteiger partial charge in [-0.3, -0.25) is 9.89 Å². The second kappa shape index (κ2) is 12.1. The third-order valence-electron chi connectivity index (χ3n) is 5.98. The van der Waals surface area contributed by atoms with Crippen LogP contribution in [0.2, 0.25) is 0 Å². The highest BCUT2D eigenvalue weighted by molar-refractivity contribution is 14.0. The number of aliphatic imine (C=N–C) groups is 1. The van der Waals surface area contributed by atoms with Crippen LogP contribution in [-0.4, -0.2) is 53.8 Å². The second-order valence-corrected chi connectivity index (χ2v) is 8.42. The van der Waals surface area contributed by atoms with Gasteiger partial charge in [0.05, 0.1) is 12.1 Å². The molecule has 8 heteroatoms. The van der Waals surface area contributed by atoms with Crippen LogP contribution in [0.1, 0.15) is 57.4 Å². The SMILES string of the molecule is CCNC(=NCC1(O)CCCCC1)NC1CCN(Cc2ccc(F)c(F)c2)CC1.I. The molecule has 1 aromatic rings. The van der Waals surface area contributed by atoms with E-state index < -0.39 is 17.2 Å². The number of hydrogen-bond acceptors (Lipinski definition) is 3. The minimum absolute atomic E-state index is 0. The molecule has 1 aromatic carbocycles. The van der Waals surface area contributed by atoms with Gasteiger partial charge in [-0.05, 0) is 50.3 Å². The van der Waals surface area contributed by atoms with E-state index >= 15 is 0 Å². The maximum atomic E-state index is 13.4. The Hall–Kier alpha value is -1.00. The summed E-state index contributed by atoms with van der Waals surface area (Å²) >= 11 is 0. The van der Waals surface area contributed by atoms with Crippen molar-refractivity contribution in [1.29, 1.82) is 0 Å². The Morgan fingerprint density at radius 1 is 1.17 bits per heavy atom. The molecule has 0 amide bonds. The van der Waals surface area contributed by atoms with Gasteiger partial charge in [-0.25, -0.2) is 8.78 Å². The number of rotatable bonds is 6. The van der Waals surface area contributed by atoms with Crippen molar-refractivity contribution in [2.75, 3.05) is 26.2 Å². The predicted molar refractivity (Wildman–Crippen MR) is 127 cm³/mol. The predicted octanol–water partition coefficient (Wildman–Crippen LogP) is 3.80. The average molecular weight is 536 g/mol. The van der Waals surface area contributed by atoms with Gasteiger partial charge in [-0.2, -0.15) is 0 Å². The molecular formula is C22H35F2IN4O. The zero-order chi connectivity index (χ0) is 20.7.